The monoisotopic (exact) mass is 445 g/mol. The molecule has 2 aromatic carbocycles. The Bertz CT molecular complexity index is 1160. The van der Waals surface area contributed by atoms with Crippen molar-refractivity contribution in [1.82, 2.24) is 10.2 Å². The second-order valence-corrected chi connectivity index (χ2v) is 8.77. The standard InChI is InChI=1S/C20H19N3O7S/c1-22-18(19(24)21-20(22)25)13-14-12-15(8-9-17(14)23(26)27)30-10-5-11-31(28,29)16-6-3-2-4-7-16/h2-4,6-9,12-13H,5,10-11H2,1H3,(H,21,24,25). The van der Waals surface area contributed by atoms with Crippen molar-refractivity contribution in [3.8, 4) is 5.75 Å². The van der Waals surface area contributed by atoms with Crippen molar-refractivity contribution in [2.45, 2.75) is 11.3 Å². The molecule has 162 valence electrons. The third-order valence-corrected chi connectivity index (χ3v) is 6.35. The molecule has 0 bridgehead atoms. The molecule has 31 heavy (non-hydrogen) atoms. The molecule has 2 aromatic rings. The Balaban J connectivity index is 1.72. The number of imide groups is 1. The number of rotatable bonds is 8. The van der Waals surface area contributed by atoms with Gasteiger partial charge in [-0.25, -0.2) is 13.2 Å². The zero-order valence-electron chi connectivity index (χ0n) is 16.5. The third-order valence-electron chi connectivity index (χ3n) is 4.54. The molecule has 1 heterocycles. The zero-order chi connectivity index (χ0) is 22.6. The topological polar surface area (TPSA) is 136 Å². The molecule has 0 unspecified atom stereocenters. The molecule has 1 N–H and O–H groups in total. The smallest absolute Gasteiger partial charge is 0.328 e. The number of nitrogens with zero attached hydrogens (tertiary/aromatic N) is 2. The summed E-state index contributed by atoms with van der Waals surface area (Å²) in [4.78, 5) is 35.5. The first-order chi connectivity index (χ1) is 14.7. The minimum Gasteiger partial charge on any atom is -0.494 e. The number of likely N-dealkylation sites (N-methyl/N-ethyl adjacent to an activating group) is 1. The molecular weight excluding hydrogens is 426 g/mol. The van der Waals surface area contributed by atoms with Crippen molar-refractivity contribution in [1.29, 1.82) is 0 Å². The van der Waals surface area contributed by atoms with Crippen LogP contribution in [0.15, 0.2) is 59.1 Å². The Hall–Kier alpha value is -3.73. The number of carbonyl (C=O) groups is 2. The number of nitro groups is 1. The number of urea groups is 1. The van der Waals surface area contributed by atoms with Crippen LogP contribution in [0.25, 0.3) is 6.08 Å². The summed E-state index contributed by atoms with van der Waals surface area (Å²) in [5.74, 6) is -0.519. The second kappa shape index (κ2) is 8.96. The molecule has 0 saturated carbocycles. The second-order valence-electron chi connectivity index (χ2n) is 6.66. The summed E-state index contributed by atoms with van der Waals surface area (Å²) in [7, 11) is -2.07. The van der Waals surface area contributed by atoms with Crippen LogP contribution in [0.4, 0.5) is 10.5 Å². The van der Waals surface area contributed by atoms with Crippen LogP contribution in [0, 0.1) is 10.1 Å². The van der Waals surface area contributed by atoms with Crippen molar-refractivity contribution < 1.29 is 27.7 Å². The van der Waals surface area contributed by atoms with Gasteiger partial charge in [0.2, 0.25) is 0 Å². The number of benzene rings is 2. The lowest BCUT2D eigenvalue weighted by Gasteiger charge is -2.10. The summed E-state index contributed by atoms with van der Waals surface area (Å²) in [5.41, 5.74) is -0.239. The van der Waals surface area contributed by atoms with Gasteiger partial charge in [0.25, 0.3) is 11.6 Å². The SMILES string of the molecule is CN1C(=O)NC(=O)C1=Cc1cc(OCCCS(=O)(=O)c2ccccc2)ccc1[N+](=O)[O-]. The van der Waals surface area contributed by atoms with Crippen molar-refractivity contribution in [2.24, 2.45) is 0 Å². The van der Waals surface area contributed by atoms with E-state index in [1.54, 1.807) is 18.2 Å². The maximum absolute atomic E-state index is 12.3. The van der Waals surface area contributed by atoms with E-state index in [1.807, 2.05) is 0 Å². The molecule has 0 aromatic heterocycles. The van der Waals surface area contributed by atoms with Gasteiger partial charge in [-0.05, 0) is 36.8 Å². The molecule has 11 heteroatoms. The van der Waals surface area contributed by atoms with Crippen molar-refractivity contribution in [3.63, 3.8) is 0 Å². The van der Waals surface area contributed by atoms with Crippen LogP contribution in [-0.4, -0.2) is 49.6 Å². The average Bonchev–Trinajstić information content (AvgIpc) is 2.98. The Morgan fingerprint density at radius 3 is 2.48 bits per heavy atom. The van der Waals surface area contributed by atoms with E-state index in [2.05, 4.69) is 5.32 Å². The van der Waals surface area contributed by atoms with Gasteiger partial charge in [-0.3, -0.25) is 25.1 Å². The van der Waals surface area contributed by atoms with Crippen LogP contribution < -0.4 is 10.1 Å². The van der Waals surface area contributed by atoms with Crippen LogP contribution in [-0.2, 0) is 14.6 Å². The first-order valence-corrected chi connectivity index (χ1v) is 10.8. The summed E-state index contributed by atoms with van der Waals surface area (Å²) in [6, 6.07) is 11.4. The van der Waals surface area contributed by atoms with Gasteiger partial charge in [0, 0.05) is 13.1 Å². The van der Waals surface area contributed by atoms with Gasteiger partial charge >= 0.3 is 6.03 Å². The molecule has 1 saturated heterocycles. The number of hydrogen-bond acceptors (Lipinski definition) is 7. The summed E-state index contributed by atoms with van der Waals surface area (Å²) >= 11 is 0. The number of hydrogen-bond donors (Lipinski definition) is 1. The van der Waals surface area contributed by atoms with E-state index >= 15 is 0 Å². The number of nitrogens with one attached hydrogen (secondary N) is 1. The van der Waals surface area contributed by atoms with Crippen molar-refractivity contribution >= 4 is 33.5 Å². The van der Waals surface area contributed by atoms with Gasteiger partial charge in [-0.15, -0.1) is 0 Å². The van der Waals surface area contributed by atoms with E-state index in [1.165, 1.54) is 43.5 Å². The maximum atomic E-state index is 12.3. The van der Waals surface area contributed by atoms with E-state index in [4.69, 9.17) is 4.74 Å². The molecular formula is C20H19N3O7S. The highest BCUT2D eigenvalue weighted by molar-refractivity contribution is 7.91. The van der Waals surface area contributed by atoms with Gasteiger partial charge in [0.05, 0.1) is 27.7 Å². The van der Waals surface area contributed by atoms with E-state index in [-0.39, 0.29) is 46.4 Å². The van der Waals surface area contributed by atoms with Gasteiger partial charge in [-0.2, -0.15) is 0 Å². The summed E-state index contributed by atoms with van der Waals surface area (Å²) in [5, 5.41) is 13.4. The van der Waals surface area contributed by atoms with Crippen LogP contribution in [0.5, 0.6) is 5.75 Å². The number of sulfone groups is 1. The number of carbonyl (C=O) groups excluding carboxylic acids is 2. The zero-order valence-corrected chi connectivity index (χ0v) is 17.3. The van der Waals surface area contributed by atoms with Crippen molar-refractivity contribution in [2.75, 3.05) is 19.4 Å². The molecule has 1 aliphatic heterocycles. The molecule has 0 atom stereocenters. The highest BCUT2D eigenvalue weighted by Gasteiger charge is 2.30. The van der Waals surface area contributed by atoms with Gasteiger partial charge in [0.1, 0.15) is 11.4 Å². The third kappa shape index (κ3) is 5.07. The highest BCUT2D eigenvalue weighted by Crippen LogP contribution is 2.28. The molecule has 10 nitrogen and oxygen atoms in total. The normalized spacial score (nSPS) is 15.3. The fraction of sp³-hybridized carbons (Fsp3) is 0.200. The molecule has 3 rings (SSSR count). The lowest BCUT2D eigenvalue weighted by molar-refractivity contribution is -0.385. The van der Waals surface area contributed by atoms with E-state index < -0.39 is 26.7 Å². The highest BCUT2D eigenvalue weighted by atomic mass is 32.2. The fourth-order valence-electron chi connectivity index (χ4n) is 2.91. The fourth-order valence-corrected chi connectivity index (χ4v) is 4.21. The van der Waals surface area contributed by atoms with Crippen LogP contribution in [0.2, 0.25) is 0 Å². The van der Waals surface area contributed by atoms with E-state index in [0.29, 0.717) is 0 Å². The predicted molar refractivity (Wildman–Crippen MR) is 111 cm³/mol. The summed E-state index contributed by atoms with van der Waals surface area (Å²) < 4.78 is 30.1. The van der Waals surface area contributed by atoms with E-state index in [9.17, 15) is 28.1 Å². The molecule has 0 aliphatic carbocycles. The Labute approximate surface area is 178 Å². The van der Waals surface area contributed by atoms with Crippen LogP contribution >= 0.6 is 0 Å². The minimum atomic E-state index is -3.43. The predicted octanol–water partition coefficient (Wildman–Crippen LogP) is 2.36. The molecule has 0 spiro atoms. The van der Waals surface area contributed by atoms with Gasteiger partial charge in [-0.1, -0.05) is 18.2 Å². The average molecular weight is 445 g/mol. The summed E-state index contributed by atoms with van der Waals surface area (Å²) in [6.07, 6.45) is 1.44. The van der Waals surface area contributed by atoms with Crippen molar-refractivity contribution in [3.05, 3.63) is 69.9 Å². The Morgan fingerprint density at radius 1 is 1.16 bits per heavy atom. The number of nitro benzene ring substituents is 1. The maximum Gasteiger partial charge on any atom is 0.328 e. The molecule has 1 aliphatic rings. The number of ether oxygens (including phenoxy) is 1. The molecule has 3 amide bonds. The Kier molecular flexibility index (Phi) is 6.35. The minimum absolute atomic E-state index is 0.0424. The van der Waals surface area contributed by atoms with E-state index in [0.717, 1.165) is 4.90 Å². The quantitative estimate of drug-likeness (QED) is 0.217. The van der Waals surface area contributed by atoms with Crippen LogP contribution in [0.3, 0.4) is 0 Å². The molecule has 0 radical (unpaired) electrons. The number of amides is 3. The van der Waals surface area contributed by atoms with Gasteiger partial charge < -0.3 is 4.74 Å². The van der Waals surface area contributed by atoms with Gasteiger partial charge in [0.15, 0.2) is 9.84 Å². The molecule has 1 fully saturated rings. The summed E-state index contributed by atoms with van der Waals surface area (Å²) in [6.45, 7) is 0.0682. The first kappa shape index (κ1) is 22.0. The van der Waals surface area contributed by atoms with Crippen LogP contribution in [0.1, 0.15) is 12.0 Å². The Morgan fingerprint density at radius 2 is 1.87 bits per heavy atom. The lowest BCUT2D eigenvalue weighted by atomic mass is 10.1. The first-order valence-electron chi connectivity index (χ1n) is 9.19. The largest absolute Gasteiger partial charge is 0.494 e. The lowest BCUT2D eigenvalue weighted by Crippen LogP contribution is -2.24.